The summed E-state index contributed by atoms with van der Waals surface area (Å²) < 4.78 is 29.8. The van der Waals surface area contributed by atoms with E-state index in [0.717, 1.165) is 25.7 Å². The first-order valence-electron chi connectivity index (χ1n) is 8.70. The number of nitrogens with zero attached hydrogens (tertiary/aromatic N) is 1. The van der Waals surface area contributed by atoms with Crippen molar-refractivity contribution < 1.29 is 17.5 Å². The molecule has 0 atom stereocenters. The molecule has 2 aliphatic carbocycles. The van der Waals surface area contributed by atoms with Crippen molar-refractivity contribution in [1.82, 2.24) is 0 Å². The third kappa shape index (κ3) is 4.45. The minimum atomic E-state index is -4.29. The first-order valence-corrected chi connectivity index (χ1v) is 10.9. The molecule has 1 aromatic carbocycles. The van der Waals surface area contributed by atoms with Gasteiger partial charge in [-0.15, -0.1) is 0 Å². The Kier molecular flexibility index (Phi) is 6.08. The predicted octanol–water partition coefficient (Wildman–Crippen LogP) is 5.09. The van der Waals surface area contributed by atoms with Crippen molar-refractivity contribution in [3.63, 3.8) is 0 Å². The molecular weight excluding hydrogens is 409 g/mol. The van der Waals surface area contributed by atoms with E-state index in [0.29, 0.717) is 16.9 Å². The van der Waals surface area contributed by atoms with Crippen LogP contribution in [0.5, 0.6) is 0 Å². The van der Waals surface area contributed by atoms with E-state index in [2.05, 4.69) is 5.16 Å². The summed E-state index contributed by atoms with van der Waals surface area (Å²) in [6, 6.07) is 4.35. The quantitative estimate of drug-likeness (QED) is 0.495. The van der Waals surface area contributed by atoms with Crippen molar-refractivity contribution in [2.75, 3.05) is 0 Å². The maximum Gasteiger partial charge on any atom is 0.361 e. The van der Waals surface area contributed by atoms with Crippen LogP contribution in [0.3, 0.4) is 0 Å². The Balaban J connectivity index is 1.90. The Morgan fingerprint density at radius 3 is 2.33 bits per heavy atom. The van der Waals surface area contributed by atoms with Crippen molar-refractivity contribution in [3.8, 4) is 0 Å². The Bertz CT molecular complexity index is 938. The molecule has 0 spiro atoms. The number of allylic oxidation sites excluding steroid dienone is 4. The number of benzene rings is 1. The molecular formula is C19H19Cl2NO4S. The molecule has 0 heterocycles. The smallest absolute Gasteiger partial charge is 0.290 e. The Hall–Kier alpha value is -1.63. The van der Waals surface area contributed by atoms with Gasteiger partial charge in [0.05, 0.1) is 10.0 Å². The standard InChI is InChI=1S/C19H19Cl2NO4S/c1-12-10-18(23)14(13-6-3-2-4-7-13)11-17(12)22-26-27(24,25)19-15(20)8-5-9-16(19)21/h5,8-11,13H,2-4,6-7H2,1H3/b22-17+. The highest BCUT2D eigenvalue weighted by Crippen LogP contribution is 2.33. The fraction of sp³-hybridized carbons (Fsp3) is 0.368. The lowest BCUT2D eigenvalue weighted by Crippen LogP contribution is -2.20. The molecule has 0 aliphatic heterocycles. The second-order valence-electron chi connectivity index (χ2n) is 6.68. The zero-order chi connectivity index (χ0) is 19.6. The molecule has 2 aliphatic rings. The monoisotopic (exact) mass is 427 g/mol. The van der Waals surface area contributed by atoms with Gasteiger partial charge in [-0.1, -0.05) is 53.7 Å². The van der Waals surface area contributed by atoms with Crippen LogP contribution in [0.2, 0.25) is 10.0 Å². The summed E-state index contributed by atoms with van der Waals surface area (Å²) in [5.41, 5.74) is 1.51. The minimum absolute atomic E-state index is 0.0460. The van der Waals surface area contributed by atoms with Crippen molar-refractivity contribution in [3.05, 3.63) is 51.5 Å². The van der Waals surface area contributed by atoms with Crippen LogP contribution in [0.25, 0.3) is 0 Å². The summed E-state index contributed by atoms with van der Waals surface area (Å²) >= 11 is 11.9. The molecule has 0 N–H and O–H groups in total. The van der Waals surface area contributed by atoms with Crippen LogP contribution in [0.1, 0.15) is 39.0 Å². The van der Waals surface area contributed by atoms with Crippen molar-refractivity contribution in [1.29, 1.82) is 0 Å². The van der Waals surface area contributed by atoms with Gasteiger partial charge in [0.1, 0.15) is 10.6 Å². The van der Waals surface area contributed by atoms with Crippen LogP contribution >= 0.6 is 23.2 Å². The fourth-order valence-electron chi connectivity index (χ4n) is 3.36. The molecule has 0 amide bonds. The summed E-state index contributed by atoms with van der Waals surface area (Å²) in [7, 11) is -4.29. The lowest BCUT2D eigenvalue weighted by Gasteiger charge is -2.25. The molecule has 3 rings (SSSR count). The van der Waals surface area contributed by atoms with Crippen LogP contribution in [0.4, 0.5) is 0 Å². The number of oxime groups is 1. The number of rotatable bonds is 4. The average molecular weight is 428 g/mol. The third-order valence-corrected chi connectivity index (χ3v) is 6.84. The second kappa shape index (κ2) is 8.17. The summed E-state index contributed by atoms with van der Waals surface area (Å²) in [4.78, 5) is 12.0. The number of ketones is 1. The normalized spacial score (nSPS) is 20.4. The Labute approximate surface area is 168 Å². The maximum atomic E-state index is 12.5. The Morgan fingerprint density at radius 2 is 1.70 bits per heavy atom. The van der Waals surface area contributed by atoms with Gasteiger partial charge in [-0.05, 0) is 55.5 Å². The average Bonchev–Trinajstić information content (AvgIpc) is 2.61. The number of carbonyl (C=O) groups excluding carboxylic acids is 1. The molecule has 0 saturated heterocycles. The van der Waals surface area contributed by atoms with E-state index in [4.69, 9.17) is 27.5 Å². The van der Waals surface area contributed by atoms with Gasteiger partial charge in [0.15, 0.2) is 5.78 Å². The molecule has 144 valence electrons. The molecule has 0 radical (unpaired) electrons. The van der Waals surface area contributed by atoms with Gasteiger partial charge in [-0.25, -0.2) is 0 Å². The van der Waals surface area contributed by atoms with Gasteiger partial charge in [0.2, 0.25) is 0 Å². The molecule has 8 heteroatoms. The highest BCUT2D eigenvalue weighted by atomic mass is 35.5. The van der Waals surface area contributed by atoms with Gasteiger partial charge in [0.25, 0.3) is 0 Å². The molecule has 0 bridgehead atoms. The molecule has 0 unspecified atom stereocenters. The summed E-state index contributed by atoms with van der Waals surface area (Å²) in [5, 5.41) is 3.69. The van der Waals surface area contributed by atoms with E-state index in [1.165, 1.54) is 30.7 Å². The van der Waals surface area contributed by atoms with E-state index >= 15 is 0 Å². The largest absolute Gasteiger partial charge is 0.361 e. The van der Waals surface area contributed by atoms with Gasteiger partial charge in [-0.2, -0.15) is 8.42 Å². The van der Waals surface area contributed by atoms with Crippen molar-refractivity contribution >= 4 is 44.8 Å². The fourth-order valence-corrected chi connectivity index (χ4v) is 5.20. The topological polar surface area (TPSA) is 72.8 Å². The van der Waals surface area contributed by atoms with E-state index < -0.39 is 10.1 Å². The van der Waals surface area contributed by atoms with Gasteiger partial charge in [0, 0.05) is 5.57 Å². The number of hydrogen-bond acceptors (Lipinski definition) is 5. The van der Waals surface area contributed by atoms with E-state index in [1.807, 2.05) is 0 Å². The summed E-state index contributed by atoms with van der Waals surface area (Å²) in [6.45, 7) is 1.68. The molecule has 1 aromatic rings. The number of halogens is 2. The van der Waals surface area contributed by atoms with Gasteiger partial charge in [-0.3, -0.25) is 9.08 Å². The molecule has 1 saturated carbocycles. The Morgan fingerprint density at radius 1 is 1.07 bits per heavy atom. The first-order chi connectivity index (χ1) is 12.8. The second-order valence-corrected chi connectivity index (χ2v) is 8.96. The third-order valence-electron chi connectivity index (χ3n) is 4.78. The van der Waals surface area contributed by atoms with E-state index in [-0.39, 0.29) is 26.6 Å². The lowest BCUT2D eigenvalue weighted by molar-refractivity contribution is -0.112. The summed E-state index contributed by atoms with van der Waals surface area (Å²) in [5.74, 6) is 0.130. The molecule has 1 fully saturated rings. The maximum absolute atomic E-state index is 12.5. The van der Waals surface area contributed by atoms with E-state index in [9.17, 15) is 13.2 Å². The zero-order valence-corrected chi connectivity index (χ0v) is 17.1. The minimum Gasteiger partial charge on any atom is -0.290 e. The van der Waals surface area contributed by atoms with Crippen LogP contribution in [0.15, 0.2) is 51.5 Å². The van der Waals surface area contributed by atoms with Crippen LogP contribution in [-0.2, 0) is 19.2 Å². The molecule has 5 nitrogen and oxygen atoms in total. The van der Waals surface area contributed by atoms with Gasteiger partial charge >= 0.3 is 10.1 Å². The number of hydrogen-bond donors (Lipinski definition) is 0. The predicted molar refractivity (Wildman–Crippen MR) is 106 cm³/mol. The van der Waals surface area contributed by atoms with Crippen LogP contribution in [-0.4, -0.2) is 19.9 Å². The SMILES string of the molecule is CC1=CC(=O)C(C2CCCCC2)=C/C1=N\OS(=O)(=O)c1c(Cl)cccc1Cl. The number of carbonyl (C=O) groups is 1. The lowest BCUT2D eigenvalue weighted by atomic mass is 9.79. The zero-order valence-electron chi connectivity index (χ0n) is 14.7. The van der Waals surface area contributed by atoms with Crippen LogP contribution < -0.4 is 0 Å². The van der Waals surface area contributed by atoms with E-state index in [1.54, 1.807) is 13.0 Å². The van der Waals surface area contributed by atoms with Gasteiger partial charge < -0.3 is 0 Å². The summed E-state index contributed by atoms with van der Waals surface area (Å²) in [6.07, 6.45) is 8.35. The van der Waals surface area contributed by atoms with Crippen LogP contribution in [0, 0.1) is 5.92 Å². The highest BCUT2D eigenvalue weighted by molar-refractivity contribution is 7.87. The van der Waals surface area contributed by atoms with Crippen molar-refractivity contribution in [2.24, 2.45) is 11.1 Å². The molecule has 27 heavy (non-hydrogen) atoms. The molecule has 0 aromatic heterocycles. The van der Waals surface area contributed by atoms with Crippen molar-refractivity contribution in [2.45, 2.75) is 43.9 Å². The highest BCUT2D eigenvalue weighted by Gasteiger charge is 2.27. The first kappa shape index (κ1) is 20.1.